The number of aromatic nitrogens is 4. The van der Waals surface area contributed by atoms with Crippen molar-refractivity contribution in [2.24, 2.45) is 0 Å². The highest BCUT2D eigenvalue weighted by Gasteiger charge is 2.45. The van der Waals surface area contributed by atoms with Gasteiger partial charge in [-0.15, -0.1) is 0 Å². The maximum atomic E-state index is 2.64. The molecular weight excluding hydrogens is 1320 g/mol. The molecule has 0 spiro atoms. The number of hydrogen-bond donors (Lipinski definition) is 0. The summed E-state index contributed by atoms with van der Waals surface area (Å²) in [5.74, 6) is 0. The van der Waals surface area contributed by atoms with Gasteiger partial charge in [-0.1, -0.05) is 261 Å². The summed E-state index contributed by atoms with van der Waals surface area (Å²) in [4.78, 5) is 5.28. The summed E-state index contributed by atoms with van der Waals surface area (Å²) in [7, 11) is 0. The van der Waals surface area contributed by atoms with Crippen molar-refractivity contribution in [3.05, 3.63) is 394 Å². The van der Waals surface area contributed by atoms with Crippen molar-refractivity contribution >= 4 is 144 Å². The van der Waals surface area contributed by atoms with E-state index in [1.54, 1.807) is 0 Å². The molecule has 0 fully saturated rings. The van der Waals surface area contributed by atoms with E-state index in [4.69, 9.17) is 0 Å². The van der Waals surface area contributed by atoms with Crippen LogP contribution in [0.5, 0.6) is 0 Å². The quantitative estimate of drug-likeness (QED) is 0.128. The molecular formula is C102H65BN6. The molecule has 0 bridgehead atoms. The number of nitrogens with zero attached hydrogens (tertiary/aromatic N) is 6. The van der Waals surface area contributed by atoms with Gasteiger partial charge in [-0.2, -0.15) is 0 Å². The number of fused-ring (bicyclic) bond motifs is 16. The number of rotatable bonds is 10. The van der Waals surface area contributed by atoms with Crippen LogP contribution in [-0.4, -0.2) is 25.0 Å². The number of hydrogen-bond acceptors (Lipinski definition) is 2. The van der Waals surface area contributed by atoms with E-state index in [1.165, 1.54) is 70.5 Å². The van der Waals surface area contributed by atoms with E-state index >= 15 is 0 Å². The van der Waals surface area contributed by atoms with E-state index in [1.807, 2.05) is 0 Å². The molecule has 0 saturated carbocycles. The maximum Gasteiger partial charge on any atom is 0.252 e. The minimum atomic E-state index is -0.264. The lowest BCUT2D eigenvalue weighted by Gasteiger charge is -2.45. The van der Waals surface area contributed by atoms with E-state index < -0.39 is 0 Å². The third-order valence-electron chi connectivity index (χ3n) is 23.2. The lowest BCUT2D eigenvalue weighted by atomic mass is 9.33. The fourth-order valence-corrected chi connectivity index (χ4v) is 18.6. The van der Waals surface area contributed by atoms with E-state index in [0.717, 1.165) is 134 Å². The highest BCUT2D eigenvalue weighted by atomic mass is 15.2. The van der Waals surface area contributed by atoms with Crippen LogP contribution in [0.4, 0.5) is 34.1 Å². The molecule has 17 aromatic carbocycles. The molecule has 21 aromatic rings. The molecule has 4 aromatic heterocycles. The van der Waals surface area contributed by atoms with Crippen LogP contribution in [0.1, 0.15) is 0 Å². The zero-order chi connectivity index (χ0) is 71.4. The largest absolute Gasteiger partial charge is 0.311 e. The average Bonchev–Trinajstić information content (AvgIpc) is 0.887. The van der Waals surface area contributed by atoms with Gasteiger partial charge in [0.15, 0.2) is 0 Å². The second kappa shape index (κ2) is 24.1. The van der Waals surface area contributed by atoms with Crippen LogP contribution in [0, 0.1) is 0 Å². The van der Waals surface area contributed by atoms with Gasteiger partial charge in [-0.05, 0) is 194 Å². The van der Waals surface area contributed by atoms with Gasteiger partial charge < -0.3 is 28.1 Å². The topological polar surface area (TPSA) is 26.2 Å². The number of para-hydroxylation sites is 7. The fraction of sp³-hybridized carbons (Fsp3) is 0. The predicted octanol–water partition coefficient (Wildman–Crippen LogP) is 24.8. The lowest BCUT2D eigenvalue weighted by molar-refractivity contribution is 1.15. The van der Waals surface area contributed by atoms with Crippen molar-refractivity contribution in [2.75, 3.05) is 9.80 Å². The average molecular weight is 1390 g/mol. The van der Waals surface area contributed by atoms with Gasteiger partial charge in [0.05, 0.1) is 49.8 Å². The van der Waals surface area contributed by atoms with Crippen molar-refractivity contribution in [3.8, 4) is 67.3 Å². The SMILES string of the molecule is c1ccc(-c2cc(-c3ccccc3)cc(N3c4cc(-n5c6ccccc6c6ccccc65)ccc4B4c5ccc(-n6c7ccccc7c7cc(-n8c9ccccc9c9ccccc98)ccc76)cc5N(c5cc(-c6ccccc6)cc(-c6ccccc6)c5)c5cc(-n6c7ccccc7c7ccccc76)cc3c54)c2)cc1. The van der Waals surface area contributed by atoms with E-state index in [0.29, 0.717) is 0 Å². The van der Waals surface area contributed by atoms with Crippen molar-refractivity contribution in [1.82, 2.24) is 18.3 Å². The van der Waals surface area contributed by atoms with E-state index in [9.17, 15) is 0 Å². The molecule has 23 rings (SSSR count). The number of anilines is 6. The Kier molecular flexibility index (Phi) is 13.5. The molecule has 506 valence electrons. The summed E-state index contributed by atoms with van der Waals surface area (Å²) in [5, 5.41) is 9.70. The second-order valence-electron chi connectivity index (χ2n) is 29.2. The first kappa shape index (κ1) is 61.0. The maximum absolute atomic E-state index is 2.64. The minimum Gasteiger partial charge on any atom is -0.311 e. The van der Waals surface area contributed by atoms with Gasteiger partial charge in [0.1, 0.15) is 0 Å². The number of benzene rings is 17. The van der Waals surface area contributed by atoms with Gasteiger partial charge in [-0.25, -0.2) is 0 Å². The Labute approximate surface area is 630 Å². The van der Waals surface area contributed by atoms with Crippen LogP contribution in [0.2, 0.25) is 0 Å². The van der Waals surface area contributed by atoms with Crippen molar-refractivity contribution < 1.29 is 0 Å². The Morgan fingerprint density at radius 3 is 0.725 bits per heavy atom. The van der Waals surface area contributed by atoms with Crippen LogP contribution >= 0.6 is 0 Å². The molecule has 2 aliphatic rings. The first-order valence-electron chi connectivity index (χ1n) is 37.7. The summed E-state index contributed by atoms with van der Waals surface area (Å²) in [6.07, 6.45) is 0. The zero-order valence-corrected chi connectivity index (χ0v) is 59.3. The van der Waals surface area contributed by atoms with Crippen molar-refractivity contribution in [3.63, 3.8) is 0 Å². The van der Waals surface area contributed by atoms with Gasteiger partial charge in [0.2, 0.25) is 0 Å². The highest BCUT2D eigenvalue weighted by Crippen LogP contribution is 2.51. The molecule has 109 heavy (non-hydrogen) atoms. The van der Waals surface area contributed by atoms with Crippen molar-refractivity contribution in [2.45, 2.75) is 0 Å². The molecule has 6 nitrogen and oxygen atoms in total. The van der Waals surface area contributed by atoms with Gasteiger partial charge in [0.25, 0.3) is 6.71 Å². The van der Waals surface area contributed by atoms with Gasteiger partial charge >= 0.3 is 0 Å². The monoisotopic (exact) mass is 1380 g/mol. The molecule has 0 aliphatic carbocycles. The van der Waals surface area contributed by atoms with Crippen LogP contribution < -0.4 is 26.2 Å². The molecule has 7 heteroatoms. The Morgan fingerprint density at radius 2 is 0.404 bits per heavy atom. The lowest BCUT2D eigenvalue weighted by Crippen LogP contribution is -2.61. The predicted molar refractivity (Wildman–Crippen MR) is 460 cm³/mol. The molecule has 2 aliphatic heterocycles. The zero-order valence-electron chi connectivity index (χ0n) is 59.3. The van der Waals surface area contributed by atoms with Crippen molar-refractivity contribution in [1.29, 1.82) is 0 Å². The molecule has 0 saturated heterocycles. The third-order valence-corrected chi connectivity index (χ3v) is 23.2. The summed E-state index contributed by atoms with van der Waals surface area (Å²) >= 11 is 0. The molecule has 0 unspecified atom stereocenters. The van der Waals surface area contributed by atoms with Crippen LogP contribution in [-0.2, 0) is 0 Å². The third kappa shape index (κ3) is 9.37. The van der Waals surface area contributed by atoms with Gasteiger partial charge in [-0.3, -0.25) is 0 Å². The fourth-order valence-electron chi connectivity index (χ4n) is 18.6. The highest BCUT2D eigenvalue weighted by molar-refractivity contribution is 7.00. The Balaban J connectivity index is 0.855. The molecule has 0 radical (unpaired) electrons. The minimum absolute atomic E-state index is 0.264. The molecule has 0 N–H and O–H groups in total. The second-order valence-corrected chi connectivity index (χ2v) is 29.2. The molecule has 0 atom stereocenters. The first-order chi connectivity index (χ1) is 54.1. The summed E-state index contributed by atoms with van der Waals surface area (Å²) in [6.45, 7) is -0.264. The summed E-state index contributed by atoms with van der Waals surface area (Å²) < 4.78 is 9.97. The van der Waals surface area contributed by atoms with Crippen LogP contribution in [0.3, 0.4) is 0 Å². The molecule has 6 heterocycles. The normalized spacial score (nSPS) is 12.5. The standard InChI is InChI=1S/C102H65BN6/c1-5-27-66(28-6-1)70-55-71(67-29-7-2-8-30-67)58-77(57-70)108-98-62-75(105-92-44-22-15-37-82(92)83-38-16-23-45-93(83)105)49-52-88(98)103-89-53-50-76(106-96-48-26-19-41-86(96)87-61-74(51-54-97(87)106)104-90-42-20-13-35-80(90)81-36-14-21-43-91(81)104)63-99(89)109(78-59-72(68-31-9-3-10-32-68)56-73(60-78)69-33-11-4-12-34-69)101-65-79(64-100(108)102(101)103)107-94-46-24-17-39-84(94)85-40-18-25-47-95(85)107/h1-65H. The van der Waals surface area contributed by atoms with Crippen LogP contribution in [0.25, 0.3) is 154 Å². The van der Waals surface area contributed by atoms with E-state index in [2.05, 4.69) is 422 Å². The smallest absolute Gasteiger partial charge is 0.252 e. The van der Waals surface area contributed by atoms with Crippen LogP contribution in [0.15, 0.2) is 394 Å². The summed E-state index contributed by atoms with van der Waals surface area (Å²) in [5.41, 5.74) is 32.8. The molecule has 0 amide bonds. The Bertz CT molecular complexity index is 7030. The summed E-state index contributed by atoms with van der Waals surface area (Å²) in [6, 6.07) is 148. The Hall–Kier alpha value is -14.4. The Morgan fingerprint density at radius 1 is 0.156 bits per heavy atom. The van der Waals surface area contributed by atoms with Gasteiger partial charge in [0, 0.05) is 94.3 Å². The van der Waals surface area contributed by atoms with E-state index in [-0.39, 0.29) is 6.71 Å². The first-order valence-corrected chi connectivity index (χ1v) is 37.7.